The SMILES string of the molecule is Cc1conc1C(=O)Nc1cccc(C#N)c1. The van der Waals surface area contributed by atoms with Gasteiger partial charge in [0.25, 0.3) is 5.91 Å². The molecule has 2 aromatic rings. The lowest BCUT2D eigenvalue weighted by Crippen LogP contribution is -2.13. The molecule has 0 saturated heterocycles. The quantitative estimate of drug-likeness (QED) is 0.852. The summed E-state index contributed by atoms with van der Waals surface area (Å²) in [5, 5.41) is 15.0. The molecule has 1 amide bonds. The zero-order chi connectivity index (χ0) is 12.3. The summed E-state index contributed by atoms with van der Waals surface area (Å²) in [7, 11) is 0. The summed E-state index contributed by atoms with van der Waals surface area (Å²) in [5.41, 5.74) is 1.95. The Labute approximate surface area is 97.7 Å². The number of carbonyl (C=O) groups is 1. The molecule has 0 bridgehead atoms. The maximum Gasteiger partial charge on any atom is 0.278 e. The van der Waals surface area contributed by atoms with Crippen LogP contribution in [0.3, 0.4) is 0 Å². The van der Waals surface area contributed by atoms with E-state index in [0.717, 1.165) is 0 Å². The van der Waals surface area contributed by atoms with Gasteiger partial charge in [0, 0.05) is 11.3 Å². The van der Waals surface area contributed by atoms with Crippen molar-refractivity contribution in [1.82, 2.24) is 5.16 Å². The van der Waals surface area contributed by atoms with Gasteiger partial charge in [-0.25, -0.2) is 0 Å². The number of nitriles is 1. The van der Waals surface area contributed by atoms with Gasteiger partial charge in [-0.15, -0.1) is 0 Å². The van der Waals surface area contributed by atoms with E-state index >= 15 is 0 Å². The lowest BCUT2D eigenvalue weighted by molar-refractivity contribution is 0.101. The number of nitrogens with zero attached hydrogens (tertiary/aromatic N) is 2. The number of aromatic nitrogens is 1. The first-order valence-corrected chi connectivity index (χ1v) is 4.93. The third-order valence-electron chi connectivity index (χ3n) is 2.21. The van der Waals surface area contributed by atoms with Gasteiger partial charge in [-0.1, -0.05) is 11.2 Å². The fraction of sp³-hybridized carbons (Fsp3) is 0.0833. The van der Waals surface area contributed by atoms with Crippen LogP contribution >= 0.6 is 0 Å². The van der Waals surface area contributed by atoms with Gasteiger partial charge in [-0.2, -0.15) is 5.26 Å². The van der Waals surface area contributed by atoms with Crippen molar-refractivity contribution >= 4 is 11.6 Å². The summed E-state index contributed by atoms with van der Waals surface area (Å²) in [6, 6.07) is 8.66. The van der Waals surface area contributed by atoms with Crippen molar-refractivity contribution in [2.24, 2.45) is 0 Å². The second-order valence-corrected chi connectivity index (χ2v) is 3.49. The molecule has 5 nitrogen and oxygen atoms in total. The Hall–Kier alpha value is -2.61. The number of carbonyl (C=O) groups excluding carboxylic acids is 1. The molecule has 17 heavy (non-hydrogen) atoms. The number of benzene rings is 1. The molecule has 0 saturated carbocycles. The molecular formula is C12H9N3O2. The summed E-state index contributed by atoms with van der Waals surface area (Å²) in [4.78, 5) is 11.8. The summed E-state index contributed by atoms with van der Waals surface area (Å²) in [5.74, 6) is -0.355. The molecule has 1 heterocycles. The van der Waals surface area contributed by atoms with E-state index in [4.69, 9.17) is 5.26 Å². The van der Waals surface area contributed by atoms with Crippen LogP contribution < -0.4 is 5.32 Å². The Bertz CT molecular complexity index is 596. The number of amides is 1. The summed E-state index contributed by atoms with van der Waals surface area (Å²) in [6.07, 6.45) is 1.40. The topological polar surface area (TPSA) is 78.9 Å². The molecule has 0 spiro atoms. The lowest BCUT2D eigenvalue weighted by Gasteiger charge is -2.03. The zero-order valence-electron chi connectivity index (χ0n) is 9.10. The van der Waals surface area contributed by atoms with E-state index in [1.54, 1.807) is 31.2 Å². The summed E-state index contributed by atoms with van der Waals surface area (Å²) in [6.45, 7) is 1.73. The first-order chi connectivity index (χ1) is 8.20. The predicted octanol–water partition coefficient (Wildman–Crippen LogP) is 2.11. The Morgan fingerprint density at radius 3 is 3.00 bits per heavy atom. The number of hydrogen-bond donors (Lipinski definition) is 1. The molecule has 0 aliphatic rings. The van der Waals surface area contributed by atoms with E-state index in [0.29, 0.717) is 16.8 Å². The first kappa shape index (κ1) is 10.9. The van der Waals surface area contributed by atoms with Crippen LogP contribution in [0.25, 0.3) is 0 Å². The van der Waals surface area contributed by atoms with Crippen molar-refractivity contribution in [1.29, 1.82) is 5.26 Å². The molecule has 0 unspecified atom stereocenters. The highest BCUT2D eigenvalue weighted by molar-refractivity contribution is 6.03. The van der Waals surface area contributed by atoms with Gasteiger partial charge in [-0.05, 0) is 25.1 Å². The molecule has 0 aliphatic carbocycles. The summed E-state index contributed by atoms with van der Waals surface area (Å²) < 4.78 is 4.69. The molecule has 5 heteroatoms. The van der Waals surface area contributed by atoms with Crippen LogP contribution in [0.1, 0.15) is 21.6 Å². The fourth-order valence-corrected chi connectivity index (χ4v) is 1.36. The average Bonchev–Trinajstić information content (AvgIpc) is 2.76. The minimum Gasteiger partial charge on any atom is -0.364 e. The molecule has 0 atom stereocenters. The molecule has 0 radical (unpaired) electrons. The monoisotopic (exact) mass is 227 g/mol. The van der Waals surface area contributed by atoms with Gasteiger partial charge >= 0.3 is 0 Å². The molecule has 0 aliphatic heterocycles. The van der Waals surface area contributed by atoms with Crippen molar-refractivity contribution in [3.8, 4) is 6.07 Å². The first-order valence-electron chi connectivity index (χ1n) is 4.93. The van der Waals surface area contributed by atoms with Crippen LogP contribution in [0.15, 0.2) is 35.1 Å². The van der Waals surface area contributed by atoms with Crippen LogP contribution in [-0.2, 0) is 0 Å². The molecule has 84 valence electrons. The van der Waals surface area contributed by atoms with Gasteiger partial charge in [0.05, 0.1) is 11.6 Å². The molecule has 0 fully saturated rings. The van der Waals surface area contributed by atoms with Gasteiger partial charge in [0.1, 0.15) is 6.26 Å². The lowest BCUT2D eigenvalue weighted by atomic mass is 10.2. The second-order valence-electron chi connectivity index (χ2n) is 3.49. The zero-order valence-corrected chi connectivity index (χ0v) is 9.10. The fourth-order valence-electron chi connectivity index (χ4n) is 1.36. The molecule has 1 aromatic heterocycles. The average molecular weight is 227 g/mol. The van der Waals surface area contributed by atoms with Gasteiger partial charge in [0.15, 0.2) is 5.69 Å². The largest absolute Gasteiger partial charge is 0.364 e. The Balaban J connectivity index is 2.19. The Morgan fingerprint density at radius 2 is 2.35 bits per heavy atom. The van der Waals surface area contributed by atoms with Crippen molar-refractivity contribution in [3.63, 3.8) is 0 Å². The smallest absolute Gasteiger partial charge is 0.278 e. The van der Waals surface area contributed by atoms with E-state index in [-0.39, 0.29) is 11.6 Å². The van der Waals surface area contributed by atoms with Crippen LogP contribution in [0.2, 0.25) is 0 Å². The number of aryl methyl sites for hydroxylation is 1. The molecular weight excluding hydrogens is 218 g/mol. The second kappa shape index (κ2) is 4.49. The normalized spacial score (nSPS) is 9.65. The van der Waals surface area contributed by atoms with E-state index in [9.17, 15) is 4.79 Å². The third-order valence-corrected chi connectivity index (χ3v) is 2.21. The highest BCUT2D eigenvalue weighted by atomic mass is 16.5. The van der Waals surface area contributed by atoms with Crippen molar-refractivity contribution in [3.05, 3.63) is 47.3 Å². The van der Waals surface area contributed by atoms with Crippen LogP contribution in [0.4, 0.5) is 5.69 Å². The predicted molar refractivity (Wildman–Crippen MR) is 60.4 cm³/mol. The maximum absolute atomic E-state index is 11.8. The third kappa shape index (κ3) is 2.32. The molecule has 1 aromatic carbocycles. The van der Waals surface area contributed by atoms with Gasteiger partial charge < -0.3 is 9.84 Å². The van der Waals surface area contributed by atoms with Crippen molar-refractivity contribution in [2.75, 3.05) is 5.32 Å². The summed E-state index contributed by atoms with van der Waals surface area (Å²) >= 11 is 0. The van der Waals surface area contributed by atoms with Crippen molar-refractivity contribution < 1.29 is 9.32 Å². The van der Waals surface area contributed by atoms with Crippen LogP contribution in [0.5, 0.6) is 0 Å². The molecule has 1 N–H and O–H groups in total. The minimum atomic E-state index is -0.355. The van der Waals surface area contributed by atoms with Gasteiger partial charge in [-0.3, -0.25) is 4.79 Å². The maximum atomic E-state index is 11.8. The Kier molecular flexibility index (Phi) is 2.88. The van der Waals surface area contributed by atoms with Gasteiger partial charge in [0.2, 0.25) is 0 Å². The standard InChI is InChI=1S/C12H9N3O2/c1-8-7-17-15-11(8)12(16)14-10-4-2-3-9(5-10)6-13/h2-5,7H,1H3,(H,14,16). The highest BCUT2D eigenvalue weighted by Crippen LogP contribution is 2.12. The number of anilines is 1. The minimum absolute atomic E-state index is 0.243. The van der Waals surface area contributed by atoms with E-state index in [2.05, 4.69) is 15.0 Å². The number of hydrogen-bond acceptors (Lipinski definition) is 4. The Morgan fingerprint density at radius 1 is 1.53 bits per heavy atom. The van der Waals surface area contributed by atoms with E-state index in [1.165, 1.54) is 6.26 Å². The number of nitrogens with one attached hydrogen (secondary N) is 1. The molecule has 2 rings (SSSR count). The van der Waals surface area contributed by atoms with Crippen LogP contribution in [-0.4, -0.2) is 11.1 Å². The van der Waals surface area contributed by atoms with Crippen LogP contribution in [0, 0.1) is 18.3 Å². The highest BCUT2D eigenvalue weighted by Gasteiger charge is 2.13. The van der Waals surface area contributed by atoms with E-state index in [1.807, 2.05) is 6.07 Å². The van der Waals surface area contributed by atoms with E-state index < -0.39 is 0 Å². The number of rotatable bonds is 2. The van der Waals surface area contributed by atoms with Crippen molar-refractivity contribution in [2.45, 2.75) is 6.92 Å².